The second-order valence-corrected chi connectivity index (χ2v) is 9.54. The number of hydrogen-bond acceptors (Lipinski definition) is 6. The van der Waals surface area contributed by atoms with Crippen molar-refractivity contribution >= 4 is 22.7 Å². The van der Waals surface area contributed by atoms with Crippen LogP contribution in [0.25, 0.3) is 22.3 Å². The van der Waals surface area contributed by atoms with Crippen molar-refractivity contribution in [3.05, 3.63) is 70.3 Å². The van der Waals surface area contributed by atoms with Crippen LogP contribution in [0.2, 0.25) is 0 Å². The van der Waals surface area contributed by atoms with E-state index in [0.717, 1.165) is 5.56 Å². The van der Waals surface area contributed by atoms with Gasteiger partial charge in [0.25, 0.3) is 5.56 Å². The van der Waals surface area contributed by atoms with Gasteiger partial charge in [-0.25, -0.2) is 9.66 Å². The first-order valence-electron chi connectivity index (χ1n) is 9.71. The minimum atomic E-state index is -0.162. The van der Waals surface area contributed by atoms with Crippen LogP contribution >= 0.6 is 11.8 Å². The number of para-hydroxylation sites is 1. The van der Waals surface area contributed by atoms with Crippen LogP contribution in [0.1, 0.15) is 44.3 Å². The number of H-pyrrole nitrogens is 1. The number of nitrogens with one attached hydrogen (secondary N) is 1. The largest absolute Gasteiger partial charge is 0.335 e. The smallest absolute Gasteiger partial charge is 0.258 e. The molecule has 0 amide bonds. The summed E-state index contributed by atoms with van der Waals surface area (Å²) in [4.78, 5) is 19.8. The molecule has 2 aromatic carbocycles. The van der Waals surface area contributed by atoms with Crippen LogP contribution in [0.15, 0.2) is 58.5 Å². The minimum Gasteiger partial charge on any atom is -0.335 e. The molecule has 0 aliphatic carbocycles. The maximum Gasteiger partial charge on any atom is 0.258 e. The van der Waals surface area contributed by atoms with Gasteiger partial charge in [0.1, 0.15) is 5.82 Å². The molecule has 3 N–H and O–H groups in total. The molecule has 4 aromatic rings. The molecule has 30 heavy (non-hydrogen) atoms. The van der Waals surface area contributed by atoms with Crippen molar-refractivity contribution < 1.29 is 0 Å². The van der Waals surface area contributed by atoms with Crippen LogP contribution in [-0.2, 0) is 5.41 Å². The molecule has 0 saturated carbocycles. The van der Waals surface area contributed by atoms with Gasteiger partial charge in [-0.05, 0) is 30.0 Å². The summed E-state index contributed by atoms with van der Waals surface area (Å²) in [7, 11) is 0. The third kappa shape index (κ3) is 3.82. The van der Waals surface area contributed by atoms with Gasteiger partial charge in [0, 0.05) is 5.56 Å². The van der Waals surface area contributed by atoms with E-state index in [9.17, 15) is 4.79 Å². The minimum absolute atomic E-state index is 0.0785. The van der Waals surface area contributed by atoms with Crippen molar-refractivity contribution in [1.82, 2.24) is 24.8 Å². The first-order valence-corrected chi connectivity index (χ1v) is 10.6. The Balaban J connectivity index is 1.59. The fraction of sp³-hybridized carbons (Fsp3) is 0.273. The lowest BCUT2D eigenvalue weighted by Crippen LogP contribution is -2.15. The lowest BCUT2D eigenvalue weighted by Gasteiger charge is -2.19. The van der Waals surface area contributed by atoms with Gasteiger partial charge in [0.2, 0.25) is 5.16 Å². The van der Waals surface area contributed by atoms with E-state index in [2.05, 4.69) is 53.1 Å². The molecule has 0 spiro atoms. The standard InChI is InChI=1S/C22H24N6OS/c1-13(18-24-17-8-6-5-7-16(17)20(29)25-18)30-21-27-26-19(28(21)23)14-9-11-15(12-10-14)22(2,3)4/h5-13H,23H2,1-4H3,(H,24,25,29)/t13-/m0/s1. The molecule has 4 rings (SSSR count). The predicted molar refractivity (Wildman–Crippen MR) is 121 cm³/mol. The molecule has 0 unspecified atom stereocenters. The Morgan fingerprint density at radius 2 is 1.77 bits per heavy atom. The van der Waals surface area contributed by atoms with Crippen LogP contribution in [-0.4, -0.2) is 24.8 Å². The maximum atomic E-state index is 12.3. The summed E-state index contributed by atoms with van der Waals surface area (Å²) in [6, 6.07) is 15.5. The third-order valence-corrected chi connectivity index (χ3v) is 6.04. The second kappa shape index (κ2) is 7.60. The number of hydrogen-bond donors (Lipinski definition) is 2. The molecule has 0 fully saturated rings. The van der Waals surface area contributed by atoms with E-state index in [1.807, 2.05) is 37.3 Å². The van der Waals surface area contributed by atoms with E-state index in [4.69, 9.17) is 5.84 Å². The normalized spacial score (nSPS) is 12.9. The van der Waals surface area contributed by atoms with Crippen LogP contribution in [0, 0.1) is 0 Å². The Bertz CT molecular complexity index is 1250. The van der Waals surface area contributed by atoms with Crippen molar-refractivity contribution in [3.63, 3.8) is 0 Å². The average Bonchev–Trinajstić information content (AvgIpc) is 3.07. The third-order valence-electron chi connectivity index (χ3n) is 4.97. The van der Waals surface area contributed by atoms with Gasteiger partial charge >= 0.3 is 0 Å². The molecule has 0 saturated heterocycles. The molecule has 2 aromatic heterocycles. The molecule has 7 nitrogen and oxygen atoms in total. The molecule has 1 atom stereocenters. The van der Waals surface area contributed by atoms with Crippen LogP contribution in [0.5, 0.6) is 0 Å². The Labute approximate surface area is 178 Å². The molecule has 154 valence electrons. The highest BCUT2D eigenvalue weighted by Crippen LogP contribution is 2.33. The summed E-state index contributed by atoms with van der Waals surface area (Å²) in [6.45, 7) is 8.47. The van der Waals surface area contributed by atoms with Crippen LogP contribution < -0.4 is 11.4 Å². The zero-order chi connectivity index (χ0) is 21.5. The van der Waals surface area contributed by atoms with E-state index in [1.54, 1.807) is 6.07 Å². The van der Waals surface area contributed by atoms with Gasteiger partial charge < -0.3 is 10.8 Å². The average molecular weight is 421 g/mol. The summed E-state index contributed by atoms with van der Waals surface area (Å²) in [6.07, 6.45) is 0. The number of aromatic nitrogens is 5. The topological polar surface area (TPSA) is 102 Å². The van der Waals surface area contributed by atoms with Crippen LogP contribution in [0.4, 0.5) is 0 Å². The van der Waals surface area contributed by atoms with E-state index >= 15 is 0 Å². The fourth-order valence-corrected chi connectivity index (χ4v) is 4.01. The van der Waals surface area contributed by atoms with Crippen molar-refractivity contribution in [2.24, 2.45) is 0 Å². The lowest BCUT2D eigenvalue weighted by molar-refractivity contribution is 0.590. The SMILES string of the molecule is C[C@H](Sc1nnc(-c2ccc(C(C)(C)C)cc2)n1N)c1nc2ccccc2c(=O)[nH]1. The summed E-state index contributed by atoms with van der Waals surface area (Å²) >= 11 is 1.40. The number of nitrogens with zero attached hydrogens (tertiary/aromatic N) is 4. The van der Waals surface area contributed by atoms with Gasteiger partial charge in [-0.2, -0.15) is 0 Å². The van der Waals surface area contributed by atoms with Crippen LogP contribution in [0.3, 0.4) is 0 Å². The Hall–Kier alpha value is -3.13. The first kappa shape index (κ1) is 20.2. The predicted octanol–water partition coefficient (Wildman–Crippen LogP) is 4.05. The highest BCUT2D eigenvalue weighted by molar-refractivity contribution is 7.99. The molecular formula is C22H24N6OS. The molecule has 0 aliphatic heterocycles. The molecule has 2 heterocycles. The van der Waals surface area contributed by atoms with Gasteiger partial charge in [0.05, 0.1) is 16.2 Å². The number of rotatable bonds is 4. The number of nitrogens with two attached hydrogens (primary N) is 1. The Kier molecular flexibility index (Phi) is 5.11. The number of benzene rings is 2. The Morgan fingerprint density at radius 3 is 2.47 bits per heavy atom. The highest BCUT2D eigenvalue weighted by Gasteiger charge is 2.19. The van der Waals surface area contributed by atoms with Crippen molar-refractivity contribution in [3.8, 4) is 11.4 Å². The molecular weight excluding hydrogens is 396 g/mol. The van der Waals surface area contributed by atoms with Crippen molar-refractivity contribution in [2.45, 2.75) is 43.5 Å². The van der Waals surface area contributed by atoms with Crippen molar-refractivity contribution in [2.75, 3.05) is 5.84 Å². The lowest BCUT2D eigenvalue weighted by atomic mass is 9.87. The van der Waals surface area contributed by atoms with E-state index in [1.165, 1.54) is 22.0 Å². The number of nitrogen functional groups attached to an aromatic ring is 1. The van der Waals surface area contributed by atoms with E-state index in [-0.39, 0.29) is 16.2 Å². The highest BCUT2D eigenvalue weighted by atomic mass is 32.2. The van der Waals surface area contributed by atoms with Gasteiger partial charge in [-0.3, -0.25) is 4.79 Å². The maximum absolute atomic E-state index is 12.3. The zero-order valence-electron chi connectivity index (χ0n) is 17.4. The molecule has 0 radical (unpaired) electrons. The number of aromatic amines is 1. The van der Waals surface area contributed by atoms with Gasteiger partial charge in [-0.15, -0.1) is 10.2 Å². The quantitative estimate of drug-likeness (QED) is 0.381. The zero-order valence-corrected chi connectivity index (χ0v) is 18.2. The summed E-state index contributed by atoms with van der Waals surface area (Å²) in [5, 5.41) is 9.47. The molecule has 0 aliphatic rings. The van der Waals surface area contributed by atoms with E-state index < -0.39 is 0 Å². The van der Waals surface area contributed by atoms with Gasteiger partial charge in [-0.1, -0.05) is 68.9 Å². The number of fused-ring (bicyclic) bond motifs is 1. The monoisotopic (exact) mass is 420 g/mol. The fourth-order valence-electron chi connectivity index (χ4n) is 3.18. The van der Waals surface area contributed by atoms with Gasteiger partial charge in [0.15, 0.2) is 5.82 Å². The summed E-state index contributed by atoms with van der Waals surface area (Å²) in [5.41, 5.74) is 2.72. The number of thioether (sulfide) groups is 1. The summed E-state index contributed by atoms with van der Waals surface area (Å²) < 4.78 is 1.48. The second-order valence-electron chi connectivity index (χ2n) is 8.23. The molecule has 8 heteroatoms. The Morgan fingerprint density at radius 1 is 1.07 bits per heavy atom. The van der Waals surface area contributed by atoms with E-state index in [0.29, 0.717) is 27.7 Å². The first-order chi connectivity index (χ1) is 14.2. The van der Waals surface area contributed by atoms with Crippen molar-refractivity contribution in [1.29, 1.82) is 0 Å². The molecule has 0 bridgehead atoms. The summed E-state index contributed by atoms with van der Waals surface area (Å²) in [5.74, 6) is 7.44.